The van der Waals surface area contributed by atoms with E-state index in [9.17, 15) is 8.78 Å². The molecule has 0 saturated carbocycles. The first kappa shape index (κ1) is 11.2. The molecular weight excluding hydrogens is 230 g/mol. The van der Waals surface area contributed by atoms with Crippen LogP contribution in [0.1, 0.15) is 5.01 Å². The molecule has 16 heavy (non-hydrogen) atoms. The molecule has 2 aromatic rings. The van der Waals surface area contributed by atoms with Gasteiger partial charge in [0.2, 0.25) is 0 Å². The Morgan fingerprint density at radius 1 is 1.38 bits per heavy atom. The van der Waals surface area contributed by atoms with Crippen molar-refractivity contribution in [2.45, 2.75) is 6.54 Å². The molecule has 2 nitrogen and oxygen atoms in total. The Labute approximate surface area is 96.0 Å². The van der Waals surface area contributed by atoms with Crippen LogP contribution in [0.2, 0.25) is 0 Å². The van der Waals surface area contributed by atoms with Crippen molar-refractivity contribution in [3.63, 3.8) is 0 Å². The zero-order chi connectivity index (χ0) is 11.5. The highest BCUT2D eigenvalue weighted by atomic mass is 32.1. The molecule has 2 rings (SSSR count). The largest absolute Gasteiger partial charge is 0.314 e. The number of rotatable bonds is 3. The van der Waals surface area contributed by atoms with Gasteiger partial charge in [0.1, 0.15) is 5.01 Å². The van der Waals surface area contributed by atoms with E-state index in [2.05, 4.69) is 10.3 Å². The minimum absolute atomic E-state index is 0.207. The number of halogens is 2. The van der Waals surface area contributed by atoms with Crippen LogP contribution in [-0.2, 0) is 6.54 Å². The van der Waals surface area contributed by atoms with Crippen LogP contribution in [0, 0.1) is 11.6 Å². The minimum atomic E-state index is -0.847. The SMILES string of the molecule is CNCc1nc(-c2cccc(F)c2F)cs1. The van der Waals surface area contributed by atoms with Gasteiger partial charge >= 0.3 is 0 Å². The molecule has 1 aromatic heterocycles. The highest BCUT2D eigenvalue weighted by molar-refractivity contribution is 7.09. The number of benzene rings is 1. The highest BCUT2D eigenvalue weighted by Gasteiger charge is 2.12. The van der Waals surface area contributed by atoms with E-state index in [0.717, 1.165) is 11.1 Å². The molecule has 0 atom stereocenters. The summed E-state index contributed by atoms with van der Waals surface area (Å²) in [6.07, 6.45) is 0. The fourth-order valence-electron chi connectivity index (χ4n) is 1.37. The summed E-state index contributed by atoms with van der Waals surface area (Å²) in [6, 6.07) is 4.10. The van der Waals surface area contributed by atoms with Crippen molar-refractivity contribution in [1.29, 1.82) is 0 Å². The number of hydrogen-bond acceptors (Lipinski definition) is 3. The third-order valence-electron chi connectivity index (χ3n) is 2.11. The van der Waals surface area contributed by atoms with Gasteiger partial charge in [0.25, 0.3) is 0 Å². The number of nitrogens with one attached hydrogen (secondary N) is 1. The first-order valence-electron chi connectivity index (χ1n) is 4.75. The topological polar surface area (TPSA) is 24.9 Å². The van der Waals surface area contributed by atoms with Crippen molar-refractivity contribution >= 4 is 11.3 Å². The van der Waals surface area contributed by atoms with Crippen LogP contribution in [0.3, 0.4) is 0 Å². The second-order valence-corrected chi connectivity index (χ2v) is 4.20. The Balaban J connectivity index is 2.39. The van der Waals surface area contributed by atoms with Crippen LogP contribution in [0.5, 0.6) is 0 Å². The van der Waals surface area contributed by atoms with Gasteiger partial charge in [0, 0.05) is 17.5 Å². The summed E-state index contributed by atoms with van der Waals surface area (Å²) < 4.78 is 26.5. The van der Waals surface area contributed by atoms with E-state index in [1.54, 1.807) is 5.38 Å². The molecule has 0 aliphatic carbocycles. The maximum absolute atomic E-state index is 13.5. The molecule has 0 spiro atoms. The summed E-state index contributed by atoms with van der Waals surface area (Å²) in [5.41, 5.74) is 0.686. The molecule has 0 amide bonds. The van der Waals surface area contributed by atoms with Crippen molar-refractivity contribution < 1.29 is 8.78 Å². The van der Waals surface area contributed by atoms with E-state index in [1.165, 1.54) is 23.5 Å². The maximum atomic E-state index is 13.5. The maximum Gasteiger partial charge on any atom is 0.168 e. The van der Waals surface area contributed by atoms with Gasteiger partial charge in [0.15, 0.2) is 11.6 Å². The van der Waals surface area contributed by atoms with Gasteiger partial charge in [-0.15, -0.1) is 11.3 Å². The molecule has 0 aliphatic rings. The number of aromatic nitrogens is 1. The van der Waals surface area contributed by atoms with Crippen LogP contribution < -0.4 is 5.32 Å². The van der Waals surface area contributed by atoms with Crippen LogP contribution in [-0.4, -0.2) is 12.0 Å². The predicted molar refractivity (Wildman–Crippen MR) is 60.2 cm³/mol. The molecular formula is C11H10F2N2S. The average Bonchev–Trinajstić information content (AvgIpc) is 2.71. The summed E-state index contributed by atoms with van der Waals surface area (Å²) in [7, 11) is 1.81. The van der Waals surface area contributed by atoms with Crippen LogP contribution >= 0.6 is 11.3 Å². The first-order valence-corrected chi connectivity index (χ1v) is 5.63. The lowest BCUT2D eigenvalue weighted by molar-refractivity contribution is 0.511. The molecule has 0 unspecified atom stereocenters. The molecule has 84 valence electrons. The number of thiazole rings is 1. The third-order valence-corrected chi connectivity index (χ3v) is 2.96. The summed E-state index contributed by atoms with van der Waals surface area (Å²) >= 11 is 1.42. The molecule has 1 heterocycles. The lowest BCUT2D eigenvalue weighted by atomic mass is 10.1. The quantitative estimate of drug-likeness (QED) is 0.892. The molecule has 5 heteroatoms. The summed E-state index contributed by atoms with van der Waals surface area (Å²) in [4.78, 5) is 4.22. The van der Waals surface area contributed by atoms with E-state index in [1.807, 2.05) is 7.05 Å². The van der Waals surface area contributed by atoms with E-state index < -0.39 is 11.6 Å². The van der Waals surface area contributed by atoms with Crippen molar-refractivity contribution in [3.8, 4) is 11.3 Å². The molecule has 1 aromatic carbocycles. The van der Waals surface area contributed by atoms with Crippen molar-refractivity contribution in [2.75, 3.05) is 7.05 Å². The van der Waals surface area contributed by atoms with Gasteiger partial charge in [-0.05, 0) is 19.2 Å². The fraction of sp³-hybridized carbons (Fsp3) is 0.182. The molecule has 0 radical (unpaired) electrons. The summed E-state index contributed by atoms with van der Waals surface area (Å²) in [6.45, 7) is 0.627. The predicted octanol–water partition coefficient (Wildman–Crippen LogP) is 2.81. The molecule has 0 fully saturated rings. The Morgan fingerprint density at radius 2 is 2.19 bits per heavy atom. The third kappa shape index (κ3) is 2.10. The van der Waals surface area contributed by atoms with Crippen LogP contribution in [0.15, 0.2) is 23.6 Å². The van der Waals surface area contributed by atoms with Gasteiger partial charge in [-0.25, -0.2) is 13.8 Å². The Hall–Kier alpha value is -1.33. The zero-order valence-corrected chi connectivity index (χ0v) is 9.44. The number of nitrogens with zero attached hydrogens (tertiary/aromatic N) is 1. The van der Waals surface area contributed by atoms with Gasteiger partial charge in [-0.1, -0.05) is 6.07 Å². The van der Waals surface area contributed by atoms with Crippen molar-refractivity contribution in [2.24, 2.45) is 0 Å². The lowest BCUT2D eigenvalue weighted by Gasteiger charge is -1.99. The Kier molecular flexibility index (Phi) is 3.26. The Bertz CT molecular complexity index is 496. The summed E-state index contributed by atoms with van der Waals surface area (Å²) in [5.74, 6) is -1.69. The Morgan fingerprint density at radius 3 is 2.94 bits per heavy atom. The second-order valence-electron chi connectivity index (χ2n) is 3.26. The molecule has 0 aliphatic heterocycles. The lowest BCUT2D eigenvalue weighted by Crippen LogP contribution is -2.04. The number of hydrogen-bond donors (Lipinski definition) is 1. The smallest absolute Gasteiger partial charge is 0.168 e. The van der Waals surface area contributed by atoms with E-state index in [0.29, 0.717) is 12.2 Å². The van der Waals surface area contributed by atoms with Crippen LogP contribution in [0.25, 0.3) is 11.3 Å². The van der Waals surface area contributed by atoms with Crippen molar-refractivity contribution in [3.05, 3.63) is 40.2 Å². The van der Waals surface area contributed by atoms with Crippen LogP contribution in [0.4, 0.5) is 8.78 Å². The second kappa shape index (κ2) is 4.67. The normalized spacial score (nSPS) is 10.7. The molecule has 0 saturated heterocycles. The standard InChI is InChI=1S/C11H10F2N2S/c1-14-5-10-15-9(6-16-10)7-3-2-4-8(12)11(7)13/h2-4,6,14H,5H2,1H3. The van der Waals surface area contributed by atoms with E-state index >= 15 is 0 Å². The first-order chi connectivity index (χ1) is 7.72. The van der Waals surface area contributed by atoms with Gasteiger partial charge < -0.3 is 5.32 Å². The fourth-order valence-corrected chi connectivity index (χ4v) is 2.17. The van der Waals surface area contributed by atoms with Gasteiger partial charge in [-0.3, -0.25) is 0 Å². The highest BCUT2D eigenvalue weighted by Crippen LogP contribution is 2.25. The zero-order valence-electron chi connectivity index (χ0n) is 8.63. The summed E-state index contributed by atoms with van der Waals surface area (Å²) in [5, 5.41) is 5.53. The van der Waals surface area contributed by atoms with E-state index in [4.69, 9.17) is 0 Å². The van der Waals surface area contributed by atoms with Gasteiger partial charge in [0.05, 0.1) is 5.69 Å². The molecule has 1 N–H and O–H groups in total. The molecule has 0 bridgehead atoms. The van der Waals surface area contributed by atoms with Gasteiger partial charge in [-0.2, -0.15) is 0 Å². The minimum Gasteiger partial charge on any atom is -0.314 e. The monoisotopic (exact) mass is 240 g/mol. The van der Waals surface area contributed by atoms with Crippen molar-refractivity contribution in [1.82, 2.24) is 10.3 Å². The van der Waals surface area contributed by atoms with E-state index in [-0.39, 0.29) is 5.56 Å². The average molecular weight is 240 g/mol.